The van der Waals surface area contributed by atoms with Crippen molar-refractivity contribution in [2.24, 2.45) is 5.92 Å². The second-order valence-electron chi connectivity index (χ2n) is 5.81. The zero-order valence-electron chi connectivity index (χ0n) is 12.6. The number of nitro benzene ring substituents is 1. The van der Waals surface area contributed by atoms with Gasteiger partial charge in [0.2, 0.25) is 0 Å². The summed E-state index contributed by atoms with van der Waals surface area (Å²) in [7, 11) is 0. The Morgan fingerprint density at radius 3 is 2.91 bits per heavy atom. The number of nitro groups is 1. The number of rotatable bonds is 5. The zero-order chi connectivity index (χ0) is 16.3. The molecule has 1 heterocycles. The van der Waals surface area contributed by atoms with E-state index in [0.717, 1.165) is 6.42 Å². The normalized spacial score (nSPS) is 18.0. The molecule has 0 spiro atoms. The van der Waals surface area contributed by atoms with Crippen LogP contribution in [0.15, 0.2) is 18.2 Å². The Balaban J connectivity index is 2.10. The fourth-order valence-electron chi connectivity index (χ4n) is 2.39. The lowest BCUT2D eigenvalue weighted by Gasteiger charge is -2.17. The number of likely N-dealkylation sites (tertiary alicyclic amines) is 1. The van der Waals surface area contributed by atoms with Gasteiger partial charge in [-0.3, -0.25) is 14.9 Å². The van der Waals surface area contributed by atoms with Gasteiger partial charge in [-0.25, -0.2) is 0 Å². The Labute approximate surface area is 134 Å². The molecule has 1 aromatic carbocycles. The summed E-state index contributed by atoms with van der Waals surface area (Å²) in [5, 5.41) is 11.4. The van der Waals surface area contributed by atoms with Crippen molar-refractivity contribution in [2.75, 3.05) is 19.7 Å². The van der Waals surface area contributed by atoms with Crippen molar-refractivity contribution in [2.45, 2.75) is 26.4 Å². The number of halogens is 1. The third kappa shape index (κ3) is 3.96. The summed E-state index contributed by atoms with van der Waals surface area (Å²) in [4.78, 5) is 24.6. The van der Waals surface area contributed by atoms with Gasteiger partial charge in [0.25, 0.3) is 11.6 Å². The highest BCUT2D eigenvalue weighted by Crippen LogP contribution is 2.26. The average molecular weight is 327 g/mol. The number of carbonyl (C=O) groups is 1. The van der Waals surface area contributed by atoms with Crippen LogP contribution in [0.1, 0.15) is 30.6 Å². The number of carbonyl (C=O) groups excluding carboxylic acids is 1. The van der Waals surface area contributed by atoms with Crippen LogP contribution in [0.5, 0.6) is 0 Å². The number of hydrogen-bond donors (Lipinski definition) is 0. The minimum Gasteiger partial charge on any atom is -0.376 e. The Morgan fingerprint density at radius 1 is 1.55 bits per heavy atom. The molecule has 1 amide bonds. The molecule has 0 bridgehead atoms. The monoisotopic (exact) mass is 326 g/mol. The van der Waals surface area contributed by atoms with Crippen LogP contribution in [0.2, 0.25) is 5.02 Å². The van der Waals surface area contributed by atoms with Gasteiger partial charge < -0.3 is 9.64 Å². The molecule has 6 nitrogen and oxygen atoms in total. The lowest BCUT2D eigenvalue weighted by Crippen LogP contribution is -2.31. The van der Waals surface area contributed by atoms with Crippen LogP contribution in [0.3, 0.4) is 0 Å². The molecular weight excluding hydrogens is 308 g/mol. The van der Waals surface area contributed by atoms with Gasteiger partial charge in [-0.1, -0.05) is 25.4 Å². The van der Waals surface area contributed by atoms with Crippen molar-refractivity contribution < 1.29 is 14.5 Å². The van der Waals surface area contributed by atoms with E-state index in [-0.39, 0.29) is 23.3 Å². The summed E-state index contributed by atoms with van der Waals surface area (Å²) < 4.78 is 5.73. The highest BCUT2D eigenvalue weighted by Gasteiger charge is 2.31. The molecule has 1 aliphatic heterocycles. The third-order valence-corrected chi connectivity index (χ3v) is 3.72. The Bertz CT molecular complexity index is 577. The molecule has 0 aromatic heterocycles. The van der Waals surface area contributed by atoms with E-state index in [0.29, 0.717) is 30.6 Å². The van der Waals surface area contributed by atoms with E-state index in [1.54, 1.807) is 4.90 Å². The predicted octanol–water partition coefficient (Wildman–Crippen LogP) is 3.14. The molecule has 22 heavy (non-hydrogen) atoms. The van der Waals surface area contributed by atoms with Gasteiger partial charge in [0, 0.05) is 30.8 Å². The van der Waals surface area contributed by atoms with Crippen LogP contribution in [0, 0.1) is 16.0 Å². The van der Waals surface area contributed by atoms with Gasteiger partial charge in [-0.2, -0.15) is 0 Å². The molecule has 0 unspecified atom stereocenters. The van der Waals surface area contributed by atoms with Crippen LogP contribution >= 0.6 is 11.6 Å². The van der Waals surface area contributed by atoms with Gasteiger partial charge in [-0.05, 0) is 24.5 Å². The van der Waals surface area contributed by atoms with Crippen molar-refractivity contribution in [3.63, 3.8) is 0 Å². The van der Waals surface area contributed by atoms with E-state index in [2.05, 4.69) is 13.8 Å². The van der Waals surface area contributed by atoms with E-state index in [4.69, 9.17) is 16.3 Å². The maximum Gasteiger partial charge on any atom is 0.282 e. The Kier molecular flexibility index (Phi) is 5.37. The van der Waals surface area contributed by atoms with Gasteiger partial charge >= 0.3 is 0 Å². The number of ether oxygens (including phenoxy) is 1. The Morgan fingerprint density at radius 2 is 2.27 bits per heavy atom. The summed E-state index contributed by atoms with van der Waals surface area (Å²) in [6.07, 6.45) is 0.733. The minimum absolute atomic E-state index is 0.00964. The fourth-order valence-corrected chi connectivity index (χ4v) is 2.56. The van der Waals surface area contributed by atoms with Crippen LogP contribution < -0.4 is 0 Å². The molecule has 0 saturated carbocycles. The van der Waals surface area contributed by atoms with Gasteiger partial charge in [0.05, 0.1) is 11.0 Å². The molecule has 2 rings (SSSR count). The lowest BCUT2D eigenvalue weighted by atomic mass is 10.1. The zero-order valence-corrected chi connectivity index (χ0v) is 13.4. The van der Waals surface area contributed by atoms with Crippen LogP contribution in [0.25, 0.3) is 0 Å². The summed E-state index contributed by atoms with van der Waals surface area (Å²) in [5.74, 6) is 0.0589. The van der Waals surface area contributed by atoms with E-state index in [9.17, 15) is 14.9 Å². The SMILES string of the molecule is CC(C)CO[C@H]1CCN(C(=O)c2cc(Cl)ccc2[N+](=O)[O-])C1. The number of nitrogens with zero attached hydrogens (tertiary/aromatic N) is 2. The molecule has 7 heteroatoms. The van der Waals surface area contributed by atoms with Crippen molar-refractivity contribution in [1.82, 2.24) is 4.90 Å². The summed E-state index contributed by atoms with van der Waals surface area (Å²) in [5.41, 5.74) is -0.192. The van der Waals surface area contributed by atoms with Crippen molar-refractivity contribution in [1.29, 1.82) is 0 Å². The smallest absolute Gasteiger partial charge is 0.282 e. The first-order valence-electron chi connectivity index (χ1n) is 7.23. The van der Waals surface area contributed by atoms with E-state index in [1.807, 2.05) is 0 Å². The summed E-state index contributed by atoms with van der Waals surface area (Å²) in [6.45, 7) is 5.75. The molecule has 1 aliphatic rings. The van der Waals surface area contributed by atoms with Crippen LogP contribution in [-0.4, -0.2) is 41.5 Å². The summed E-state index contributed by atoms with van der Waals surface area (Å²) >= 11 is 5.87. The number of amides is 1. The molecule has 0 radical (unpaired) electrons. The molecule has 0 N–H and O–H groups in total. The van der Waals surface area contributed by atoms with E-state index >= 15 is 0 Å². The van der Waals surface area contributed by atoms with Crippen LogP contribution in [0.4, 0.5) is 5.69 Å². The van der Waals surface area contributed by atoms with Crippen molar-refractivity contribution >= 4 is 23.2 Å². The molecular formula is C15H19ClN2O4. The second-order valence-corrected chi connectivity index (χ2v) is 6.24. The first-order valence-corrected chi connectivity index (χ1v) is 7.61. The molecule has 1 atom stereocenters. The molecule has 1 fully saturated rings. The second kappa shape index (κ2) is 7.07. The third-order valence-electron chi connectivity index (χ3n) is 3.48. The fraction of sp³-hybridized carbons (Fsp3) is 0.533. The van der Waals surface area contributed by atoms with Gasteiger partial charge in [-0.15, -0.1) is 0 Å². The minimum atomic E-state index is -0.563. The largest absolute Gasteiger partial charge is 0.376 e. The topological polar surface area (TPSA) is 72.7 Å². The maximum absolute atomic E-state index is 12.5. The highest BCUT2D eigenvalue weighted by molar-refractivity contribution is 6.31. The van der Waals surface area contributed by atoms with Crippen molar-refractivity contribution in [3.05, 3.63) is 38.9 Å². The van der Waals surface area contributed by atoms with Gasteiger partial charge in [0.1, 0.15) is 5.56 Å². The van der Waals surface area contributed by atoms with E-state index in [1.165, 1.54) is 18.2 Å². The Hall–Kier alpha value is -1.66. The van der Waals surface area contributed by atoms with Gasteiger partial charge in [0.15, 0.2) is 0 Å². The predicted molar refractivity (Wildman–Crippen MR) is 83.2 cm³/mol. The lowest BCUT2D eigenvalue weighted by molar-refractivity contribution is -0.385. The molecule has 120 valence electrons. The first-order chi connectivity index (χ1) is 10.4. The average Bonchev–Trinajstić information content (AvgIpc) is 2.92. The first kappa shape index (κ1) is 16.7. The maximum atomic E-state index is 12.5. The van der Waals surface area contributed by atoms with Crippen LogP contribution in [-0.2, 0) is 4.74 Å². The van der Waals surface area contributed by atoms with Crippen molar-refractivity contribution in [3.8, 4) is 0 Å². The molecule has 1 saturated heterocycles. The van der Waals surface area contributed by atoms with E-state index < -0.39 is 4.92 Å². The standard InChI is InChI=1S/C15H19ClN2O4/c1-10(2)9-22-12-5-6-17(8-12)15(19)13-7-11(16)3-4-14(13)18(20)21/h3-4,7,10,12H,5-6,8-9H2,1-2H3/t12-/m0/s1. The summed E-state index contributed by atoms with van der Waals surface area (Å²) in [6, 6.07) is 4.03. The highest BCUT2D eigenvalue weighted by atomic mass is 35.5. The number of hydrogen-bond acceptors (Lipinski definition) is 4. The number of benzene rings is 1. The molecule has 0 aliphatic carbocycles. The molecule has 1 aromatic rings. The quantitative estimate of drug-likeness (QED) is 0.615.